The highest BCUT2D eigenvalue weighted by atomic mass is 19.4. The van der Waals surface area contributed by atoms with E-state index in [0.29, 0.717) is 18.7 Å². The lowest BCUT2D eigenvalue weighted by Crippen LogP contribution is -2.35. The Bertz CT molecular complexity index is 512. The first kappa shape index (κ1) is 14.8. The maximum absolute atomic E-state index is 13.2. The second-order valence-electron chi connectivity index (χ2n) is 4.90. The Balaban J connectivity index is 2.31. The number of likely N-dealkylation sites (tertiary alicyclic amines) is 1. The van der Waals surface area contributed by atoms with Crippen LogP contribution in [0.5, 0.6) is 0 Å². The maximum atomic E-state index is 13.2. The van der Waals surface area contributed by atoms with Crippen molar-refractivity contribution in [3.8, 4) is 0 Å². The minimum Gasteiger partial charge on any atom is -0.336 e. The summed E-state index contributed by atoms with van der Waals surface area (Å²) in [5, 5.41) is 0. The average Bonchev–Trinajstić information content (AvgIpc) is 2.85. The summed E-state index contributed by atoms with van der Waals surface area (Å²) in [6.45, 7) is 2.47. The standard InChI is InChI=1S/C14H15F4NO/c1-2-10-4-3-7-19(10)13(20)9-5-6-12(15)11(8-9)14(16,17)18/h5-6,8,10H,2-4,7H2,1H3. The van der Waals surface area contributed by atoms with E-state index in [4.69, 9.17) is 0 Å². The minimum atomic E-state index is -4.80. The number of halogens is 4. The Morgan fingerprint density at radius 3 is 2.70 bits per heavy atom. The number of hydrogen-bond acceptors (Lipinski definition) is 1. The fourth-order valence-electron chi connectivity index (χ4n) is 2.57. The molecule has 0 radical (unpaired) electrons. The number of hydrogen-bond donors (Lipinski definition) is 0. The van der Waals surface area contributed by atoms with Crippen molar-refractivity contribution >= 4 is 5.91 Å². The van der Waals surface area contributed by atoms with Gasteiger partial charge in [0.15, 0.2) is 0 Å². The fraction of sp³-hybridized carbons (Fsp3) is 0.500. The van der Waals surface area contributed by atoms with Crippen LogP contribution in [-0.2, 0) is 6.18 Å². The molecule has 1 fully saturated rings. The van der Waals surface area contributed by atoms with Crippen LogP contribution in [-0.4, -0.2) is 23.4 Å². The molecule has 0 saturated carbocycles. The van der Waals surface area contributed by atoms with E-state index >= 15 is 0 Å². The zero-order valence-corrected chi connectivity index (χ0v) is 11.0. The van der Waals surface area contributed by atoms with E-state index in [0.717, 1.165) is 25.3 Å². The van der Waals surface area contributed by atoms with Gasteiger partial charge in [-0.2, -0.15) is 13.2 Å². The number of carbonyl (C=O) groups is 1. The van der Waals surface area contributed by atoms with Crippen LogP contribution in [0.3, 0.4) is 0 Å². The van der Waals surface area contributed by atoms with E-state index in [9.17, 15) is 22.4 Å². The van der Waals surface area contributed by atoms with E-state index in [1.54, 1.807) is 4.90 Å². The van der Waals surface area contributed by atoms with Crippen molar-refractivity contribution in [2.75, 3.05) is 6.54 Å². The van der Waals surface area contributed by atoms with E-state index in [2.05, 4.69) is 0 Å². The van der Waals surface area contributed by atoms with Crippen LogP contribution in [0.2, 0.25) is 0 Å². The summed E-state index contributed by atoms with van der Waals surface area (Å²) in [4.78, 5) is 13.8. The van der Waals surface area contributed by atoms with Crippen molar-refractivity contribution in [3.63, 3.8) is 0 Å². The summed E-state index contributed by atoms with van der Waals surface area (Å²) in [7, 11) is 0. The zero-order valence-electron chi connectivity index (χ0n) is 11.0. The van der Waals surface area contributed by atoms with Gasteiger partial charge < -0.3 is 4.90 Å². The number of carbonyl (C=O) groups excluding carboxylic acids is 1. The molecule has 2 rings (SSSR count). The maximum Gasteiger partial charge on any atom is 0.419 e. The normalized spacial score (nSPS) is 19.4. The Kier molecular flexibility index (Phi) is 4.01. The topological polar surface area (TPSA) is 20.3 Å². The summed E-state index contributed by atoms with van der Waals surface area (Å²) in [6.07, 6.45) is -2.33. The van der Waals surface area contributed by atoms with Gasteiger partial charge in [-0.05, 0) is 37.5 Å². The summed E-state index contributed by atoms with van der Waals surface area (Å²) in [6, 6.07) is 2.47. The number of nitrogens with zero attached hydrogens (tertiary/aromatic N) is 1. The van der Waals surface area contributed by atoms with E-state index in [-0.39, 0.29) is 11.6 Å². The zero-order chi connectivity index (χ0) is 14.9. The predicted octanol–water partition coefficient (Wildman–Crippen LogP) is 3.86. The molecule has 0 spiro atoms. The second kappa shape index (κ2) is 5.42. The van der Waals surface area contributed by atoms with E-state index < -0.39 is 23.5 Å². The van der Waals surface area contributed by atoms with Gasteiger partial charge in [0.1, 0.15) is 5.82 Å². The molecular formula is C14H15F4NO. The molecule has 1 aliphatic heterocycles. The van der Waals surface area contributed by atoms with Crippen molar-refractivity contribution in [1.82, 2.24) is 4.90 Å². The van der Waals surface area contributed by atoms with Gasteiger partial charge >= 0.3 is 6.18 Å². The Hall–Kier alpha value is -1.59. The quantitative estimate of drug-likeness (QED) is 0.757. The van der Waals surface area contributed by atoms with Gasteiger partial charge in [0, 0.05) is 18.2 Å². The minimum absolute atomic E-state index is 0.0573. The number of amides is 1. The SMILES string of the molecule is CCC1CCCN1C(=O)c1ccc(F)c(C(F)(F)F)c1. The third-order valence-electron chi connectivity index (χ3n) is 3.63. The first-order valence-corrected chi connectivity index (χ1v) is 6.52. The molecule has 1 amide bonds. The monoisotopic (exact) mass is 289 g/mol. The molecule has 6 heteroatoms. The molecule has 0 bridgehead atoms. The summed E-state index contributed by atoms with van der Waals surface area (Å²) in [5.41, 5.74) is -1.50. The Morgan fingerprint density at radius 2 is 2.10 bits per heavy atom. The number of rotatable bonds is 2. The lowest BCUT2D eigenvalue weighted by Gasteiger charge is -2.24. The van der Waals surface area contributed by atoms with Crippen LogP contribution in [0.1, 0.15) is 42.1 Å². The molecule has 1 saturated heterocycles. The largest absolute Gasteiger partial charge is 0.419 e. The van der Waals surface area contributed by atoms with Crippen LogP contribution >= 0.6 is 0 Å². The third kappa shape index (κ3) is 2.78. The van der Waals surface area contributed by atoms with Gasteiger partial charge in [-0.3, -0.25) is 4.79 Å². The molecule has 1 heterocycles. The number of alkyl halides is 3. The predicted molar refractivity (Wildman–Crippen MR) is 65.8 cm³/mol. The molecule has 1 unspecified atom stereocenters. The molecule has 2 nitrogen and oxygen atoms in total. The Morgan fingerprint density at radius 1 is 1.40 bits per heavy atom. The molecule has 0 N–H and O–H groups in total. The van der Waals surface area contributed by atoms with Gasteiger partial charge in [0.2, 0.25) is 0 Å². The van der Waals surface area contributed by atoms with Crippen molar-refractivity contribution in [2.24, 2.45) is 0 Å². The molecular weight excluding hydrogens is 274 g/mol. The molecule has 1 aliphatic rings. The molecule has 0 aliphatic carbocycles. The van der Waals surface area contributed by atoms with Crippen LogP contribution in [0.25, 0.3) is 0 Å². The third-order valence-corrected chi connectivity index (χ3v) is 3.63. The van der Waals surface area contributed by atoms with E-state index in [1.165, 1.54) is 0 Å². The van der Waals surface area contributed by atoms with Crippen molar-refractivity contribution in [2.45, 2.75) is 38.4 Å². The summed E-state index contributed by atoms with van der Waals surface area (Å²) < 4.78 is 51.1. The Labute approximate surface area is 114 Å². The first-order chi connectivity index (χ1) is 9.34. The molecule has 110 valence electrons. The highest BCUT2D eigenvalue weighted by molar-refractivity contribution is 5.94. The summed E-state index contributed by atoms with van der Waals surface area (Å²) in [5.74, 6) is -1.82. The second-order valence-corrected chi connectivity index (χ2v) is 4.90. The highest BCUT2D eigenvalue weighted by Crippen LogP contribution is 2.32. The van der Waals surface area contributed by atoms with E-state index in [1.807, 2.05) is 6.92 Å². The van der Waals surface area contributed by atoms with Gasteiger partial charge in [0.25, 0.3) is 5.91 Å². The molecule has 1 atom stereocenters. The van der Waals surface area contributed by atoms with Crippen LogP contribution < -0.4 is 0 Å². The van der Waals surface area contributed by atoms with Gasteiger partial charge in [-0.25, -0.2) is 4.39 Å². The van der Waals surface area contributed by atoms with Crippen molar-refractivity contribution < 1.29 is 22.4 Å². The van der Waals surface area contributed by atoms with Crippen LogP contribution in [0, 0.1) is 5.82 Å². The lowest BCUT2D eigenvalue weighted by molar-refractivity contribution is -0.140. The highest BCUT2D eigenvalue weighted by Gasteiger charge is 2.36. The van der Waals surface area contributed by atoms with Gasteiger partial charge in [-0.1, -0.05) is 6.92 Å². The van der Waals surface area contributed by atoms with Crippen LogP contribution in [0.15, 0.2) is 18.2 Å². The van der Waals surface area contributed by atoms with Crippen molar-refractivity contribution in [1.29, 1.82) is 0 Å². The summed E-state index contributed by atoms with van der Waals surface area (Å²) >= 11 is 0. The lowest BCUT2D eigenvalue weighted by atomic mass is 10.1. The van der Waals surface area contributed by atoms with Crippen LogP contribution in [0.4, 0.5) is 17.6 Å². The molecule has 20 heavy (non-hydrogen) atoms. The molecule has 0 aromatic heterocycles. The van der Waals surface area contributed by atoms with Gasteiger partial charge in [-0.15, -0.1) is 0 Å². The van der Waals surface area contributed by atoms with Gasteiger partial charge in [0.05, 0.1) is 5.56 Å². The first-order valence-electron chi connectivity index (χ1n) is 6.52. The fourth-order valence-corrected chi connectivity index (χ4v) is 2.57. The van der Waals surface area contributed by atoms with Crippen molar-refractivity contribution in [3.05, 3.63) is 35.1 Å². The average molecular weight is 289 g/mol. The molecule has 1 aromatic carbocycles. The smallest absolute Gasteiger partial charge is 0.336 e. The number of benzene rings is 1. The molecule has 1 aromatic rings.